The number of benzene rings is 1. The summed E-state index contributed by atoms with van der Waals surface area (Å²) >= 11 is 6.04. The summed E-state index contributed by atoms with van der Waals surface area (Å²) in [6.07, 6.45) is 4.21. The zero-order valence-corrected chi connectivity index (χ0v) is 10.8. The number of piperidine rings is 1. The van der Waals surface area contributed by atoms with Gasteiger partial charge in [0.1, 0.15) is 6.10 Å². The van der Waals surface area contributed by atoms with E-state index >= 15 is 0 Å². The fourth-order valence-corrected chi connectivity index (χ4v) is 2.46. The maximum Gasteiger partial charge on any atom is 0.221 e. The van der Waals surface area contributed by atoms with E-state index in [9.17, 15) is 0 Å². The molecule has 18 heavy (non-hydrogen) atoms. The molecule has 1 aliphatic rings. The van der Waals surface area contributed by atoms with Crippen molar-refractivity contribution in [1.29, 1.82) is 0 Å². The van der Waals surface area contributed by atoms with E-state index in [4.69, 9.17) is 16.3 Å². The van der Waals surface area contributed by atoms with Gasteiger partial charge in [-0.2, -0.15) is 0 Å². The molecule has 1 aromatic carbocycles. The predicted octanol–water partition coefficient (Wildman–Crippen LogP) is 3.02. The molecule has 94 valence electrons. The fourth-order valence-electron chi connectivity index (χ4n) is 2.29. The third-order valence-electron chi connectivity index (χ3n) is 3.22. The molecule has 0 saturated carbocycles. The van der Waals surface area contributed by atoms with Crippen molar-refractivity contribution in [3.05, 3.63) is 35.5 Å². The third-order valence-corrected chi connectivity index (χ3v) is 3.46. The molecule has 2 aromatic rings. The van der Waals surface area contributed by atoms with Gasteiger partial charge in [0.2, 0.25) is 5.88 Å². The Labute approximate surface area is 111 Å². The average molecular weight is 263 g/mol. The zero-order valence-electron chi connectivity index (χ0n) is 10.0. The number of nitrogens with one attached hydrogen (secondary N) is 1. The van der Waals surface area contributed by atoms with Crippen molar-refractivity contribution in [2.24, 2.45) is 0 Å². The van der Waals surface area contributed by atoms with Crippen LogP contribution < -0.4 is 10.1 Å². The van der Waals surface area contributed by atoms with Gasteiger partial charge >= 0.3 is 0 Å². The number of fused-ring (bicyclic) bond motifs is 1. The highest BCUT2D eigenvalue weighted by molar-refractivity contribution is 6.31. The van der Waals surface area contributed by atoms with Gasteiger partial charge in [0.15, 0.2) is 0 Å². The van der Waals surface area contributed by atoms with Gasteiger partial charge in [-0.1, -0.05) is 17.7 Å². The van der Waals surface area contributed by atoms with Crippen molar-refractivity contribution < 1.29 is 4.74 Å². The number of ether oxygens (including phenoxy) is 1. The van der Waals surface area contributed by atoms with Crippen LogP contribution in [0.4, 0.5) is 0 Å². The molecule has 2 heterocycles. The van der Waals surface area contributed by atoms with Crippen LogP contribution in [0.15, 0.2) is 30.5 Å². The molecule has 1 atom stereocenters. The second kappa shape index (κ2) is 5.12. The summed E-state index contributed by atoms with van der Waals surface area (Å²) in [6, 6.07) is 7.76. The van der Waals surface area contributed by atoms with Crippen LogP contribution in [0.25, 0.3) is 10.8 Å². The van der Waals surface area contributed by atoms with E-state index < -0.39 is 0 Å². The van der Waals surface area contributed by atoms with Crippen LogP contribution >= 0.6 is 11.6 Å². The molecule has 1 fully saturated rings. The van der Waals surface area contributed by atoms with Crippen molar-refractivity contribution in [2.45, 2.75) is 18.9 Å². The number of nitrogens with zero attached hydrogens (tertiary/aromatic N) is 1. The summed E-state index contributed by atoms with van der Waals surface area (Å²) in [5.41, 5.74) is 0. The number of aromatic nitrogens is 1. The Morgan fingerprint density at radius 1 is 1.33 bits per heavy atom. The number of hydrogen-bond acceptors (Lipinski definition) is 3. The van der Waals surface area contributed by atoms with E-state index in [0.29, 0.717) is 10.9 Å². The van der Waals surface area contributed by atoms with Gasteiger partial charge in [0.25, 0.3) is 0 Å². The van der Waals surface area contributed by atoms with Gasteiger partial charge in [-0.15, -0.1) is 0 Å². The molecule has 0 spiro atoms. The number of pyridine rings is 1. The van der Waals surface area contributed by atoms with Crippen molar-refractivity contribution in [3.8, 4) is 5.88 Å². The molecule has 1 N–H and O–H groups in total. The first-order chi connectivity index (χ1) is 8.83. The second-order valence-corrected chi connectivity index (χ2v) is 5.00. The Balaban J connectivity index is 1.92. The Kier molecular flexibility index (Phi) is 3.35. The Morgan fingerprint density at radius 2 is 2.28 bits per heavy atom. The molecule has 4 heteroatoms. The Morgan fingerprint density at radius 3 is 3.11 bits per heavy atom. The summed E-state index contributed by atoms with van der Waals surface area (Å²) < 4.78 is 5.99. The van der Waals surface area contributed by atoms with Crippen LogP contribution in [0.1, 0.15) is 12.8 Å². The van der Waals surface area contributed by atoms with E-state index in [-0.39, 0.29) is 6.10 Å². The minimum atomic E-state index is 0.204. The molecule has 3 rings (SSSR count). The maximum absolute atomic E-state index is 6.04. The summed E-state index contributed by atoms with van der Waals surface area (Å²) in [5.74, 6) is 0.684. The van der Waals surface area contributed by atoms with Crippen molar-refractivity contribution >= 4 is 22.4 Å². The molecule has 1 saturated heterocycles. The van der Waals surface area contributed by atoms with E-state index in [1.807, 2.05) is 24.3 Å². The first kappa shape index (κ1) is 11.8. The summed E-state index contributed by atoms with van der Waals surface area (Å²) in [5, 5.41) is 6.13. The monoisotopic (exact) mass is 262 g/mol. The minimum absolute atomic E-state index is 0.204. The number of rotatable bonds is 2. The van der Waals surface area contributed by atoms with Gasteiger partial charge in [-0.25, -0.2) is 4.98 Å². The van der Waals surface area contributed by atoms with E-state index in [1.54, 1.807) is 6.20 Å². The molecule has 0 aliphatic carbocycles. The summed E-state index contributed by atoms with van der Waals surface area (Å²) in [6.45, 7) is 1.97. The average Bonchev–Trinajstić information content (AvgIpc) is 2.41. The molecular weight excluding hydrogens is 248 g/mol. The molecule has 1 aromatic heterocycles. The predicted molar refractivity (Wildman–Crippen MR) is 73.3 cm³/mol. The maximum atomic E-state index is 6.04. The molecule has 1 unspecified atom stereocenters. The van der Waals surface area contributed by atoms with Gasteiger partial charge in [-0.05, 0) is 43.0 Å². The number of hydrogen-bond donors (Lipinski definition) is 1. The highest BCUT2D eigenvalue weighted by Crippen LogP contribution is 2.27. The lowest BCUT2D eigenvalue weighted by atomic mass is 10.1. The van der Waals surface area contributed by atoms with Crippen molar-refractivity contribution in [2.75, 3.05) is 13.1 Å². The second-order valence-electron chi connectivity index (χ2n) is 4.57. The molecule has 0 radical (unpaired) electrons. The topological polar surface area (TPSA) is 34.1 Å². The van der Waals surface area contributed by atoms with E-state index in [0.717, 1.165) is 36.7 Å². The van der Waals surface area contributed by atoms with Crippen LogP contribution in [-0.2, 0) is 0 Å². The normalized spacial score (nSPS) is 19.9. The summed E-state index contributed by atoms with van der Waals surface area (Å²) in [7, 11) is 0. The molecule has 0 amide bonds. The highest BCUT2D eigenvalue weighted by atomic mass is 35.5. The van der Waals surface area contributed by atoms with Crippen molar-refractivity contribution in [3.63, 3.8) is 0 Å². The largest absolute Gasteiger partial charge is 0.473 e. The van der Waals surface area contributed by atoms with Gasteiger partial charge in [0, 0.05) is 23.2 Å². The van der Waals surface area contributed by atoms with Crippen LogP contribution in [0.5, 0.6) is 5.88 Å². The minimum Gasteiger partial charge on any atom is -0.473 e. The van der Waals surface area contributed by atoms with Gasteiger partial charge in [-0.3, -0.25) is 0 Å². The van der Waals surface area contributed by atoms with Crippen LogP contribution in [0.2, 0.25) is 5.02 Å². The first-order valence-electron chi connectivity index (χ1n) is 6.24. The fraction of sp³-hybridized carbons (Fsp3) is 0.357. The molecule has 3 nitrogen and oxygen atoms in total. The van der Waals surface area contributed by atoms with Gasteiger partial charge < -0.3 is 10.1 Å². The standard InChI is InChI=1S/C14H15ClN2O/c15-11-4-3-10-5-7-17-14(13(10)8-11)18-12-2-1-6-16-9-12/h3-5,7-8,12,16H,1-2,6,9H2. The Hall–Kier alpha value is -1.32. The number of halogens is 1. The lowest BCUT2D eigenvalue weighted by Crippen LogP contribution is -2.37. The lowest BCUT2D eigenvalue weighted by molar-refractivity contribution is 0.163. The SMILES string of the molecule is Clc1ccc2ccnc(OC3CCCNC3)c2c1. The van der Waals surface area contributed by atoms with Gasteiger partial charge in [0.05, 0.1) is 0 Å². The van der Waals surface area contributed by atoms with Crippen LogP contribution in [0, 0.1) is 0 Å². The third kappa shape index (κ3) is 2.42. The van der Waals surface area contributed by atoms with E-state index in [2.05, 4.69) is 10.3 Å². The molecule has 1 aliphatic heterocycles. The summed E-state index contributed by atoms with van der Waals surface area (Å²) in [4.78, 5) is 4.33. The quantitative estimate of drug-likeness (QED) is 0.903. The smallest absolute Gasteiger partial charge is 0.221 e. The Bertz CT molecular complexity index is 552. The lowest BCUT2D eigenvalue weighted by Gasteiger charge is -2.23. The van der Waals surface area contributed by atoms with E-state index in [1.165, 1.54) is 0 Å². The molecular formula is C14H15ClN2O. The first-order valence-corrected chi connectivity index (χ1v) is 6.62. The zero-order chi connectivity index (χ0) is 12.4. The van der Waals surface area contributed by atoms with Crippen molar-refractivity contribution in [1.82, 2.24) is 10.3 Å². The molecule has 0 bridgehead atoms. The highest BCUT2D eigenvalue weighted by Gasteiger charge is 2.16. The van der Waals surface area contributed by atoms with Crippen LogP contribution in [-0.4, -0.2) is 24.2 Å². The van der Waals surface area contributed by atoms with Crippen LogP contribution in [0.3, 0.4) is 0 Å².